The number of hydrogen-bond donors (Lipinski definition) is 1. The van der Waals surface area contributed by atoms with Gasteiger partial charge in [0.05, 0.1) is 6.54 Å². The van der Waals surface area contributed by atoms with Crippen molar-refractivity contribution in [2.24, 2.45) is 0 Å². The van der Waals surface area contributed by atoms with Crippen LogP contribution in [0.3, 0.4) is 0 Å². The van der Waals surface area contributed by atoms with Crippen LogP contribution in [0.1, 0.15) is 32.3 Å². The predicted octanol–water partition coefficient (Wildman–Crippen LogP) is 2.45. The number of halogens is 1. The normalized spacial score (nSPS) is 17.7. The largest absolute Gasteiger partial charge is 0.325 e. The van der Waals surface area contributed by atoms with Gasteiger partial charge >= 0.3 is 6.03 Å². The quantitative estimate of drug-likeness (QED) is 0.865. The first kappa shape index (κ1) is 14.0. The second-order valence-electron chi connectivity index (χ2n) is 4.60. The van der Waals surface area contributed by atoms with Gasteiger partial charge in [0.2, 0.25) is 0 Å². The molecule has 5 nitrogen and oxygen atoms in total. The average Bonchev–Trinajstić information content (AvgIpc) is 2.61. The minimum absolute atomic E-state index is 0.203. The molecule has 3 amide bonds. The molecule has 0 atom stereocenters. The van der Waals surface area contributed by atoms with Gasteiger partial charge in [0.1, 0.15) is 5.54 Å². The molecule has 0 unspecified atom stereocenters. The van der Waals surface area contributed by atoms with Crippen LogP contribution in [0.4, 0.5) is 4.79 Å². The number of nitrogens with one attached hydrogen (secondary N) is 1. The highest BCUT2D eigenvalue weighted by Crippen LogP contribution is 2.30. The molecule has 19 heavy (non-hydrogen) atoms. The maximum Gasteiger partial charge on any atom is 0.325 e. The third-order valence-electron chi connectivity index (χ3n) is 3.68. The van der Waals surface area contributed by atoms with Crippen molar-refractivity contribution >= 4 is 27.9 Å². The summed E-state index contributed by atoms with van der Waals surface area (Å²) in [5.74, 6) is -0.203. The van der Waals surface area contributed by atoms with Crippen molar-refractivity contribution in [3.63, 3.8) is 0 Å². The number of pyridine rings is 1. The second kappa shape index (κ2) is 5.28. The van der Waals surface area contributed by atoms with Gasteiger partial charge in [-0.05, 0) is 40.4 Å². The van der Waals surface area contributed by atoms with E-state index in [2.05, 4.69) is 26.2 Å². The number of rotatable bonds is 4. The third-order valence-corrected chi connectivity index (χ3v) is 4.11. The third kappa shape index (κ3) is 2.36. The van der Waals surface area contributed by atoms with E-state index in [1.165, 1.54) is 0 Å². The SMILES string of the molecule is CCC1(CC)C(=O)NC(=O)N1Cc1cncc(Br)c1. The maximum absolute atomic E-state index is 12.0. The maximum atomic E-state index is 12.0. The molecule has 1 aliphatic heterocycles. The number of aromatic nitrogens is 1. The molecule has 0 saturated carbocycles. The average molecular weight is 326 g/mol. The van der Waals surface area contributed by atoms with Crippen molar-refractivity contribution in [3.8, 4) is 0 Å². The van der Waals surface area contributed by atoms with Crippen LogP contribution in [-0.4, -0.2) is 27.4 Å². The molecule has 1 aromatic heterocycles. The van der Waals surface area contributed by atoms with Crippen molar-refractivity contribution in [1.82, 2.24) is 15.2 Å². The van der Waals surface area contributed by atoms with Crippen molar-refractivity contribution in [1.29, 1.82) is 0 Å². The van der Waals surface area contributed by atoms with Crippen LogP contribution in [0.15, 0.2) is 22.9 Å². The van der Waals surface area contributed by atoms with Gasteiger partial charge in [-0.2, -0.15) is 0 Å². The van der Waals surface area contributed by atoms with Crippen LogP contribution >= 0.6 is 15.9 Å². The standard InChI is InChI=1S/C13H16BrN3O2/c1-3-13(4-2)11(18)16-12(19)17(13)8-9-5-10(14)7-15-6-9/h5-7H,3-4,8H2,1-2H3,(H,16,18,19). The lowest BCUT2D eigenvalue weighted by Crippen LogP contribution is -2.48. The fourth-order valence-electron chi connectivity index (χ4n) is 2.50. The molecule has 2 rings (SSSR count). The van der Waals surface area contributed by atoms with Gasteiger partial charge in [-0.25, -0.2) is 4.79 Å². The van der Waals surface area contributed by atoms with Crippen molar-refractivity contribution < 1.29 is 9.59 Å². The second-order valence-corrected chi connectivity index (χ2v) is 5.51. The van der Waals surface area contributed by atoms with Gasteiger partial charge in [-0.1, -0.05) is 13.8 Å². The van der Waals surface area contributed by atoms with Gasteiger partial charge in [-0.3, -0.25) is 15.1 Å². The Balaban J connectivity index is 2.31. The molecule has 102 valence electrons. The van der Waals surface area contributed by atoms with Gasteiger partial charge in [0.15, 0.2) is 0 Å². The van der Waals surface area contributed by atoms with Crippen molar-refractivity contribution in [2.45, 2.75) is 38.8 Å². The molecule has 6 heteroatoms. The Morgan fingerprint density at radius 2 is 2.00 bits per heavy atom. The highest BCUT2D eigenvalue weighted by atomic mass is 79.9. The van der Waals surface area contributed by atoms with Crippen LogP contribution < -0.4 is 5.32 Å². The monoisotopic (exact) mass is 325 g/mol. The van der Waals surface area contributed by atoms with E-state index in [1.807, 2.05) is 19.9 Å². The van der Waals surface area contributed by atoms with Crippen LogP contribution in [0.5, 0.6) is 0 Å². The predicted molar refractivity (Wildman–Crippen MR) is 74.3 cm³/mol. The summed E-state index contributed by atoms with van der Waals surface area (Å²) in [5.41, 5.74) is 0.157. The van der Waals surface area contributed by atoms with Crippen LogP contribution in [-0.2, 0) is 11.3 Å². The van der Waals surface area contributed by atoms with E-state index in [9.17, 15) is 9.59 Å². The number of hydrogen-bond acceptors (Lipinski definition) is 3. The summed E-state index contributed by atoms with van der Waals surface area (Å²) in [6, 6.07) is 1.58. The highest BCUT2D eigenvalue weighted by Gasteiger charge is 2.50. The first-order valence-electron chi connectivity index (χ1n) is 6.26. The Morgan fingerprint density at radius 1 is 1.32 bits per heavy atom. The molecule has 1 aliphatic rings. The van der Waals surface area contributed by atoms with Crippen LogP contribution in [0, 0.1) is 0 Å². The summed E-state index contributed by atoms with van der Waals surface area (Å²) in [6.07, 6.45) is 4.59. The van der Waals surface area contributed by atoms with Crippen molar-refractivity contribution in [3.05, 3.63) is 28.5 Å². The lowest BCUT2D eigenvalue weighted by Gasteiger charge is -2.33. The molecule has 1 fully saturated rings. The molecule has 0 radical (unpaired) electrons. The Morgan fingerprint density at radius 3 is 2.58 bits per heavy atom. The molecule has 0 bridgehead atoms. The van der Waals surface area contributed by atoms with Gasteiger partial charge in [0.25, 0.3) is 5.91 Å². The molecule has 1 aromatic rings. The van der Waals surface area contributed by atoms with E-state index in [-0.39, 0.29) is 11.9 Å². The molecule has 1 N–H and O–H groups in total. The minimum Gasteiger partial charge on any atom is -0.305 e. The lowest BCUT2D eigenvalue weighted by atomic mass is 9.91. The molecular formula is C13H16BrN3O2. The molecule has 0 aromatic carbocycles. The first-order valence-corrected chi connectivity index (χ1v) is 7.05. The van der Waals surface area contributed by atoms with Crippen molar-refractivity contribution in [2.75, 3.05) is 0 Å². The molecule has 0 spiro atoms. The van der Waals surface area contributed by atoms with Gasteiger partial charge < -0.3 is 4.90 Å². The smallest absolute Gasteiger partial charge is 0.305 e. The Labute approximate surface area is 120 Å². The number of amides is 3. The van der Waals surface area contributed by atoms with E-state index in [0.717, 1.165) is 10.0 Å². The van der Waals surface area contributed by atoms with Gasteiger partial charge in [0, 0.05) is 16.9 Å². The molecule has 2 heterocycles. The molecule has 0 aliphatic carbocycles. The zero-order valence-corrected chi connectivity index (χ0v) is 12.5. The summed E-state index contributed by atoms with van der Waals surface area (Å²) < 4.78 is 0.856. The number of nitrogens with zero attached hydrogens (tertiary/aromatic N) is 2. The Kier molecular flexibility index (Phi) is 3.89. The van der Waals surface area contributed by atoms with E-state index < -0.39 is 5.54 Å². The fraction of sp³-hybridized carbons (Fsp3) is 0.462. The number of carbonyl (C=O) groups is 2. The number of carbonyl (C=O) groups excluding carboxylic acids is 2. The summed E-state index contributed by atoms with van der Waals surface area (Å²) in [7, 11) is 0. The summed E-state index contributed by atoms with van der Waals surface area (Å²) in [4.78, 5) is 29.7. The topological polar surface area (TPSA) is 62.3 Å². The fourth-order valence-corrected chi connectivity index (χ4v) is 2.91. The van der Waals surface area contributed by atoms with Crippen LogP contribution in [0.2, 0.25) is 0 Å². The minimum atomic E-state index is -0.737. The van der Waals surface area contributed by atoms with E-state index in [4.69, 9.17) is 0 Å². The zero-order valence-electron chi connectivity index (χ0n) is 10.9. The van der Waals surface area contributed by atoms with Gasteiger partial charge in [-0.15, -0.1) is 0 Å². The highest BCUT2D eigenvalue weighted by molar-refractivity contribution is 9.10. The summed E-state index contributed by atoms with van der Waals surface area (Å²) >= 11 is 3.35. The molecular weight excluding hydrogens is 310 g/mol. The molecule has 1 saturated heterocycles. The summed E-state index contributed by atoms with van der Waals surface area (Å²) in [5, 5.41) is 2.41. The van der Waals surface area contributed by atoms with E-state index in [1.54, 1.807) is 17.3 Å². The Hall–Kier alpha value is -1.43. The van der Waals surface area contributed by atoms with E-state index in [0.29, 0.717) is 19.4 Å². The lowest BCUT2D eigenvalue weighted by molar-refractivity contribution is -0.127. The first-order chi connectivity index (χ1) is 9.03. The zero-order chi connectivity index (χ0) is 14.0. The van der Waals surface area contributed by atoms with Crippen LogP contribution in [0.25, 0.3) is 0 Å². The van der Waals surface area contributed by atoms with E-state index >= 15 is 0 Å². The number of urea groups is 1. The number of imide groups is 1. The Bertz CT molecular complexity index is 514. The summed E-state index contributed by atoms with van der Waals surface area (Å²) in [6.45, 7) is 4.23.